The van der Waals surface area contributed by atoms with Gasteiger partial charge in [0.2, 0.25) is 0 Å². The van der Waals surface area contributed by atoms with Gasteiger partial charge in [0.25, 0.3) is 0 Å². The Bertz CT molecular complexity index is 873. The van der Waals surface area contributed by atoms with Crippen molar-refractivity contribution in [3.05, 3.63) is 63.1 Å². The summed E-state index contributed by atoms with van der Waals surface area (Å²) in [5.41, 5.74) is 3.11. The first-order valence-electron chi connectivity index (χ1n) is 8.44. The molecule has 0 bridgehead atoms. The van der Waals surface area contributed by atoms with Gasteiger partial charge in [-0.25, -0.2) is 0 Å². The summed E-state index contributed by atoms with van der Waals surface area (Å²) in [7, 11) is 1.53. The maximum Gasteiger partial charge on any atom is 0.306 e. The van der Waals surface area contributed by atoms with Crippen molar-refractivity contribution in [2.45, 2.75) is 26.7 Å². The van der Waals surface area contributed by atoms with Gasteiger partial charge in [-0.15, -0.1) is 0 Å². The van der Waals surface area contributed by atoms with E-state index in [4.69, 9.17) is 9.47 Å². The minimum atomic E-state index is -0.576. The maximum absolute atomic E-state index is 12.2. The summed E-state index contributed by atoms with van der Waals surface area (Å²) >= 11 is 3.31. The Morgan fingerprint density at radius 3 is 2.19 bits per heavy atom. The smallest absolute Gasteiger partial charge is 0.306 e. The first-order valence-corrected chi connectivity index (χ1v) is 9.24. The highest BCUT2D eigenvalue weighted by molar-refractivity contribution is 9.10. The predicted octanol–water partition coefficient (Wildman–Crippen LogP) is 4.46. The Morgan fingerprint density at radius 1 is 0.889 bits per heavy atom. The molecule has 0 atom stereocenters. The zero-order valence-corrected chi connectivity index (χ0v) is 17.1. The summed E-state index contributed by atoms with van der Waals surface area (Å²) in [4.78, 5) is 36.1. The normalized spacial score (nSPS) is 10.4. The average Bonchev–Trinajstić information content (AvgIpc) is 2.66. The standard InChI is InChI=1S/C21H21BrO5/c1-13-4-5-15(10-14(13)2)18(23)7-9-21(25)27-12-19(24)16-6-8-20(26-3)17(22)11-16/h4-6,8,10-11H,7,9,12H2,1-3H3. The van der Waals surface area contributed by atoms with Crippen LogP contribution in [0.3, 0.4) is 0 Å². The first-order chi connectivity index (χ1) is 12.8. The van der Waals surface area contributed by atoms with Crippen LogP contribution in [0.2, 0.25) is 0 Å². The van der Waals surface area contributed by atoms with Crippen molar-refractivity contribution in [1.82, 2.24) is 0 Å². The molecule has 142 valence electrons. The highest BCUT2D eigenvalue weighted by atomic mass is 79.9. The van der Waals surface area contributed by atoms with Crippen molar-refractivity contribution in [2.75, 3.05) is 13.7 Å². The van der Waals surface area contributed by atoms with E-state index < -0.39 is 5.97 Å². The third kappa shape index (κ3) is 5.76. The molecule has 0 aliphatic heterocycles. The molecule has 2 rings (SSSR count). The van der Waals surface area contributed by atoms with E-state index in [0.717, 1.165) is 11.1 Å². The number of ketones is 2. The molecule has 0 amide bonds. The zero-order valence-electron chi connectivity index (χ0n) is 15.5. The lowest BCUT2D eigenvalue weighted by atomic mass is 10.0. The Labute approximate surface area is 166 Å². The predicted molar refractivity (Wildman–Crippen MR) is 105 cm³/mol. The third-order valence-corrected chi connectivity index (χ3v) is 4.84. The Kier molecular flexibility index (Phi) is 7.30. The molecule has 0 unspecified atom stereocenters. The monoisotopic (exact) mass is 432 g/mol. The van der Waals surface area contributed by atoms with Crippen LogP contribution in [0.25, 0.3) is 0 Å². The van der Waals surface area contributed by atoms with Crippen LogP contribution in [0.5, 0.6) is 5.75 Å². The number of halogens is 1. The lowest BCUT2D eigenvalue weighted by molar-refractivity contribution is -0.142. The lowest BCUT2D eigenvalue weighted by Crippen LogP contribution is -2.15. The molecule has 0 spiro atoms. The third-order valence-electron chi connectivity index (χ3n) is 4.22. The van der Waals surface area contributed by atoms with E-state index >= 15 is 0 Å². The molecule has 0 N–H and O–H groups in total. The van der Waals surface area contributed by atoms with Crippen molar-refractivity contribution in [2.24, 2.45) is 0 Å². The van der Waals surface area contributed by atoms with Crippen LogP contribution in [0.1, 0.15) is 44.7 Å². The highest BCUT2D eigenvalue weighted by Gasteiger charge is 2.14. The largest absolute Gasteiger partial charge is 0.496 e. The van der Waals surface area contributed by atoms with Gasteiger partial charge in [-0.05, 0) is 65.2 Å². The molecule has 2 aromatic carbocycles. The summed E-state index contributed by atoms with van der Waals surface area (Å²) in [6, 6.07) is 10.3. The summed E-state index contributed by atoms with van der Waals surface area (Å²) in [6.45, 7) is 3.54. The summed E-state index contributed by atoms with van der Waals surface area (Å²) in [5.74, 6) is -0.422. The second-order valence-electron chi connectivity index (χ2n) is 6.16. The molecule has 0 fully saturated rings. The topological polar surface area (TPSA) is 69.7 Å². The molecule has 0 saturated carbocycles. The molecule has 6 heteroatoms. The molecule has 0 heterocycles. The first kappa shape index (κ1) is 20.8. The number of Topliss-reactive ketones (excluding diaryl/α,β-unsaturated/α-hetero) is 2. The van der Waals surface area contributed by atoms with Gasteiger partial charge in [0, 0.05) is 17.5 Å². The minimum Gasteiger partial charge on any atom is -0.496 e. The summed E-state index contributed by atoms with van der Waals surface area (Å²) < 4.78 is 10.7. The van der Waals surface area contributed by atoms with E-state index in [9.17, 15) is 14.4 Å². The van der Waals surface area contributed by atoms with Gasteiger partial charge in [0.15, 0.2) is 18.2 Å². The zero-order chi connectivity index (χ0) is 20.0. The molecule has 0 aromatic heterocycles. The van der Waals surface area contributed by atoms with Crippen molar-refractivity contribution < 1.29 is 23.9 Å². The summed E-state index contributed by atoms with van der Waals surface area (Å²) in [5, 5.41) is 0. The molecule has 5 nitrogen and oxygen atoms in total. The van der Waals surface area contributed by atoms with E-state index in [1.807, 2.05) is 26.0 Å². The number of benzene rings is 2. The van der Waals surface area contributed by atoms with E-state index in [1.54, 1.807) is 24.3 Å². The van der Waals surface area contributed by atoms with Gasteiger partial charge >= 0.3 is 5.97 Å². The van der Waals surface area contributed by atoms with Crippen LogP contribution >= 0.6 is 15.9 Å². The fourth-order valence-electron chi connectivity index (χ4n) is 2.42. The van der Waals surface area contributed by atoms with Gasteiger partial charge in [0.1, 0.15) is 5.75 Å². The SMILES string of the molecule is COc1ccc(C(=O)COC(=O)CCC(=O)c2ccc(C)c(C)c2)cc1Br. The number of rotatable bonds is 8. The van der Waals surface area contributed by atoms with Gasteiger partial charge in [-0.1, -0.05) is 12.1 Å². The van der Waals surface area contributed by atoms with Crippen molar-refractivity contribution in [3.63, 3.8) is 0 Å². The van der Waals surface area contributed by atoms with Gasteiger partial charge in [0.05, 0.1) is 18.0 Å². The van der Waals surface area contributed by atoms with Crippen LogP contribution < -0.4 is 4.74 Å². The number of aryl methyl sites for hydroxylation is 2. The number of ether oxygens (including phenoxy) is 2. The van der Waals surface area contributed by atoms with Crippen LogP contribution in [0.15, 0.2) is 40.9 Å². The fraction of sp³-hybridized carbons (Fsp3) is 0.286. The van der Waals surface area contributed by atoms with Crippen LogP contribution in [0, 0.1) is 13.8 Å². The highest BCUT2D eigenvalue weighted by Crippen LogP contribution is 2.25. The summed E-state index contributed by atoms with van der Waals surface area (Å²) in [6.07, 6.45) is -0.0189. The second kappa shape index (κ2) is 9.46. The number of esters is 1. The quantitative estimate of drug-likeness (QED) is 0.454. The van der Waals surface area contributed by atoms with Crippen LogP contribution in [-0.2, 0) is 9.53 Å². The lowest BCUT2D eigenvalue weighted by Gasteiger charge is -2.07. The van der Waals surface area contributed by atoms with E-state index in [-0.39, 0.29) is 31.0 Å². The van der Waals surface area contributed by atoms with Crippen LogP contribution in [-0.4, -0.2) is 31.3 Å². The van der Waals surface area contributed by atoms with Gasteiger partial charge < -0.3 is 9.47 Å². The van der Waals surface area contributed by atoms with Crippen molar-refractivity contribution in [1.29, 1.82) is 0 Å². The molecule has 0 aliphatic carbocycles. The number of hydrogen-bond acceptors (Lipinski definition) is 5. The Morgan fingerprint density at radius 2 is 1.56 bits per heavy atom. The molecular formula is C21H21BrO5. The van der Waals surface area contributed by atoms with Crippen LogP contribution in [0.4, 0.5) is 0 Å². The number of methoxy groups -OCH3 is 1. The Balaban J connectivity index is 1.83. The molecule has 0 aliphatic rings. The van der Waals surface area contributed by atoms with E-state index in [0.29, 0.717) is 21.3 Å². The fourth-order valence-corrected chi connectivity index (χ4v) is 2.96. The average molecular weight is 433 g/mol. The molecular weight excluding hydrogens is 412 g/mol. The maximum atomic E-state index is 12.2. The van der Waals surface area contributed by atoms with Crippen molar-refractivity contribution in [3.8, 4) is 5.75 Å². The van der Waals surface area contributed by atoms with Gasteiger partial charge in [-0.2, -0.15) is 0 Å². The number of carbonyl (C=O) groups excluding carboxylic acids is 3. The molecule has 2 aromatic rings. The van der Waals surface area contributed by atoms with E-state index in [2.05, 4.69) is 15.9 Å². The molecule has 0 saturated heterocycles. The number of carbonyl (C=O) groups is 3. The molecule has 27 heavy (non-hydrogen) atoms. The molecule has 0 radical (unpaired) electrons. The minimum absolute atomic E-state index is 0.0452. The second-order valence-corrected chi connectivity index (χ2v) is 7.01. The Hall–Kier alpha value is -2.47. The van der Waals surface area contributed by atoms with Crippen molar-refractivity contribution >= 4 is 33.5 Å². The van der Waals surface area contributed by atoms with E-state index in [1.165, 1.54) is 7.11 Å². The van der Waals surface area contributed by atoms with Gasteiger partial charge in [-0.3, -0.25) is 14.4 Å². The number of hydrogen-bond donors (Lipinski definition) is 0.